The highest BCUT2D eigenvalue weighted by Crippen LogP contribution is 2.34. The molecule has 5 heteroatoms. The predicted octanol–water partition coefficient (Wildman–Crippen LogP) is 5.89. The van der Waals surface area contributed by atoms with Gasteiger partial charge in [0.2, 0.25) is 5.91 Å². The van der Waals surface area contributed by atoms with E-state index in [0.29, 0.717) is 13.2 Å². The van der Waals surface area contributed by atoms with Crippen molar-refractivity contribution in [1.29, 1.82) is 0 Å². The fourth-order valence-corrected chi connectivity index (χ4v) is 5.20. The van der Waals surface area contributed by atoms with Gasteiger partial charge in [0.05, 0.1) is 6.61 Å². The highest BCUT2D eigenvalue weighted by atomic mass is 16.5. The Kier molecular flexibility index (Phi) is 8.62. The molecule has 0 unspecified atom stereocenters. The number of carbonyl (C=O) groups is 2. The van der Waals surface area contributed by atoms with Crippen LogP contribution in [0.3, 0.4) is 0 Å². The van der Waals surface area contributed by atoms with E-state index in [-0.39, 0.29) is 24.4 Å². The van der Waals surface area contributed by atoms with Gasteiger partial charge in [-0.3, -0.25) is 9.59 Å². The molecule has 0 N–H and O–H groups in total. The molecule has 2 amide bonds. The van der Waals surface area contributed by atoms with E-state index in [1.165, 1.54) is 25.7 Å². The maximum atomic E-state index is 13.8. The Morgan fingerprint density at radius 1 is 0.882 bits per heavy atom. The lowest BCUT2D eigenvalue weighted by molar-refractivity contribution is -0.160. The van der Waals surface area contributed by atoms with Crippen molar-refractivity contribution >= 4 is 11.8 Å². The van der Waals surface area contributed by atoms with Crippen molar-refractivity contribution in [2.24, 2.45) is 0 Å². The molecule has 1 saturated carbocycles. The Balaban J connectivity index is 1.53. The molecular formula is C29H38N2O3. The molecule has 1 heterocycles. The molecule has 2 aromatic rings. The van der Waals surface area contributed by atoms with E-state index in [2.05, 4.69) is 6.92 Å². The van der Waals surface area contributed by atoms with Crippen LogP contribution in [0, 0.1) is 0 Å². The molecule has 1 atom stereocenters. The first-order chi connectivity index (χ1) is 16.7. The van der Waals surface area contributed by atoms with Crippen molar-refractivity contribution in [3.8, 4) is 5.75 Å². The molecule has 5 nitrogen and oxygen atoms in total. The van der Waals surface area contributed by atoms with Gasteiger partial charge < -0.3 is 14.5 Å². The molecule has 182 valence electrons. The number of ether oxygens (including phenoxy) is 1. The summed E-state index contributed by atoms with van der Waals surface area (Å²) in [4.78, 5) is 30.8. The summed E-state index contributed by atoms with van der Waals surface area (Å²) in [5.41, 5.74) is 1.89. The largest absolute Gasteiger partial charge is 0.494 e. The average molecular weight is 463 g/mol. The summed E-state index contributed by atoms with van der Waals surface area (Å²) in [5.74, 6) is 0.888. The number of carbonyl (C=O) groups excluding carboxylic acids is 2. The van der Waals surface area contributed by atoms with E-state index in [1.54, 1.807) is 4.90 Å². The van der Waals surface area contributed by atoms with Crippen LogP contribution in [0.4, 0.5) is 0 Å². The third-order valence-electron chi connectivity index (χ3n) is 7.13. The lowest BCUT2D eigenvalue weighted by Gasteiger charge is -2.44. The predicted molar refractivity (Wildman–Crippen MR) is 134 cm³/mol. The molecule has 2 fully saturated rings. The first kappa shape index (κ1) is 24.3. The van der Waals surface area contributed by atoms with E-state index < -0.39 is 6.04 Å². The Morgan fingerprint density at radius 2 is 1.62 bits per heavy atom. The second-order valence-corrected chi connectivity index (χ2v) is 9.65. The van der Waals surface area contributed by atoms with Crippen molar-refractivity contribution in [3.05, 3.63) is 65.7 Å². The topological polar surface area (TPSA) is 49.9 Å². The maximum Gasteiger partial charge on any atom is 0.250 e. The van der Waals surface area contributed by atoms with Crippen LogP contribution in [0.5, 0.6) is 5.75 Å². The van der Waals surface area contributed by atoms with E-state index in [9.17, 15) is 9.59 Å². The summed E-state index contributed by atoms with van der Waals surface area (Å²) in [7, 11) is 0. The summed E-state index contributed by atoms with van der Waals surface area (Å²) in [6.45, 7) is 3.53. The van der Waals surface area contributed by atoms with Crippen LogP contribution < -0.4 is 4.74 Å². The molecule has 2 aliphatic rings. The van der Waals surface area contributed by atoms with E-state index in [0.717, 1.165) is 49.0 Å². The van der Waals surface area contributed by atoms with Crippen molar-refractivity contribution < 1.29 is 14.3 Å². The lowest BCUT2D eigenvalue weighted by Crippen LogP contribution is -2.58. The number of benzene rings is 2. The minimum absolute atomic E-state index is 0.0234. The summed E-state index contributed by atoms with van der Waals surface area (Å²) in [6, 6.07) is 17.3. The first-order valence-electron chi connectivity index (χ1n) is 13.0. The smallest absolute Gasteiger partial charge is 0.250 e. The molecule has 34 heavy (non-hydrogen) atoms. The van der Waals surface area contributed by atoms with Crippen LogP contribution >= 0.6 is 0 Å². The zero-order valence-electron chi connectivity index (χ0n) is 20.5. The monoisotopic (exact) mass is 462 g/mol. The molecule has 0 bridgehead atoms. The Labute approximate surface area is 204 Å². The van der Waals surface area contributed by atoms with E-state index in [4.69, 9.17) is 4.74 Å². The molecule has 0 aromatic heterocycles. The normalized spacial score (nSPS) is 19.5. The fraction of sp³-hybridized carbons (Fsp3) is 0.517. The maximum absolute atomic E-state index is 13.8. The van der Waals surface area contributed by atoms with Gasteiger partial charge >= 0.3 is 0 Å². The fourth-order valence-electron chi connectivity index (χ4n) is 5.20. The van der Waals surface area contributed by atoms with Crippen LogP contribution in [0.15, 0.2) is 54.6 Å². The quantitative estimate of drug-likeness (QED) is 0.414. The van der Waals surface area contributed by atoms with Crippen LogP contribution in [-0.2, 0) is 16.1 Å². The highest BCUT2D eigenvalue weighted by Gasteiger charge is 2.42. The van der Waals surface area contributed by atoms with Crippen molar-refractivity contribution in [1.82, 2.24) is 9.80 Å². The highest BCUT2D eigenvalue weighted by molar-refractivity contribution is 5.95. The van der Waals surface area contributed by atoms with Gasteiger partial charge in [-0.25, -0.2) is 0 Å². The number of hydrogen-bond acceptors (Lipinski definition) is 3. The Morgan fingerprint density at radius 3 is 2.32 bits per heavy atom. The zero-order chi connectivity index (χ0) is 23.8. The molecule has 4 rings (SSSR count). The summed E-state index contributed by atoms with van der Waals surface area (Å²) in [6.07, 6.45) is 10.1. The van der Waals surface area contributed by atoms with Crippen molar-refractivity contribution in [2.75, 3.05) is 13.2 Å². The van der Waals surface area contributed by atoms with Gasteiger partial charge in [0.1, 0.15) is 18.3 Å². The van der Waals surface area contributed by atoms with Gasteiger partial charge in [-0.05, 0) is 42.5 Å². The summed E-state index contributed by atoms with van der Waals surface area (Å²) >= 11 is 0. The average Bonchev–Trinajstić information content (AvgIpc) is 2.88. The molecule has 1 aliphatic heterocycles. The first-order valence-corrected chi connectivity index (χ1v) is 13.0. The molecule has 1 saturated heterocycles. The molecule has 0 radical (unpaired) electrons. The van der Waals surface area contributed by atoms with Gasteiger partial charge in [0.15, 0.2) is 0 Å². The Bertz CT molecular complexity index is 922. The minimum Gasteiger partial charge on any atom is -0.494 e. The van der Waals surface area contributed by atoms with Crippen molar-refractivity contribution in [3.63, 3.8) is 0 Å². The summed E-state index contributed by atoms with van der Waals surface area (Å²) < 4.78 is 5.91. The second kappa shape index (κ2) is 12.0. The van der Waals surface area contributed by atoms with Crippen LogP contribution in [0.2, 0.25) is 0 Å². The number of rotatable bonds is 10. The number of piperazine rings is 1. The molecular weight excluding hydrogens is 424 g/mol. The summed E-state index contributed by atoms with van der Waals surface area (Å²) in [5, 5.41) is 0. The Hall–Kier alpha value is -2.82. The van der Waals surface area contributed by atoms with Gasteiger partial charge in [-0.1, -0.05) is 87.9 Å². The third kappa shape index (κ3) is 5.99. The van der Waals surface area contributed by atoms with Gasteiger partial charge in [0, 0.05) is 12.6 Å². The van der Waals surface area contributed by atoms with Gasteiger partial charge in [-0.2, -0.15) is 0 Å². The van der Waals surface area contributed by atoms with Crippen LogP contribution in [-0.4, -0.2) is 40.8 Å². The SMILES string of the molecule is CCCCCCOc1ccc([C@@H]2C(=O)N(C3CCCCC3)CC(=O)N2Cc2ccccc2)cc1. The number of hydrogen-bond donors (Lipinski definition) is 0. The van der Waals surface area contributed by atoms with Gasteiger partial charge in [-0.15, -0.1) is 0 Å². The standard InChI is InChI=1S/C29H38N2O3/c1-2-3-4-11-20-34-26-18-16-24(17-19-26)28-29(33)30(25-14-9-6-10-15-25)22-27(32)31(28)21-23-12-7-5-8-13-23/h5,7-8,12-13,16-19,25,28H,2-4,6,9-11,14-15,20-22H2,1H3/t28-/m1/s1. The lowest BCUT2D eigenvalue weighted by atomic mass is 9.91. The molecule has 1 aliphatic carbocycles. The van der Waals surface area contributed by atoms with E-state index in [1.807, 2.05) is 59.5 Å². The van der Waals surface area contributed by atoms with Crippen molar-refractivity contribution in [2.45, 2.75) is 83.3 Å². The number of amides is 2. The second-order valence-electron chi connectivity index (χ2n) is 9.65. The molecule has 0 spiro atoms. The minimum atomic E-state index is -0.595. The van der Waals surface area contributed by atoms with Crippen LogP contribution in [0.25, 0.3) is 0 Å². The molecule has 2 aromatic carbocycles. The number of nitrogens with zero attached hydrogens (tertiary/aromatic N) is 2. The number of unbranched alkanes of at least 4 members (excludes halogenated alkanes) is 3. The third-order valence-corrected chi connectivity index (χ3v) is 7.13. The zero-order valence-corrected chi connectivity index (χ0v) is 20.5. The van der Waals surface area contributed by atoms with Crippen LogP contribution in [0.1, 0.15) is 81.9 Å². The van der Waals surface area contributed by atoms with Gasteiger partial charge in [0.25, 0.3) is 5.91 Å². The van der Waals surface area contributed by atoms with E-state index >= 15 is 0 Å².